The van der Waals surface area contributed by atoms with Crippen molar-refractivity contribution in [2.45, 2.75) is 39.0 Å². The fourth-order valence-electron chi connectivity index (χ4n) is 2.61. The molecule has 7 nitrogen and oxygen atoms in total. The number of carbonyl (C=O) groups excluding carboxylic acids is 1. The number of hydrogen-bond donors (Lipinski definition) is 1. The van der Waals surface area contributed by atoms with Gasteiger partial charge in [0.15, 0.2) is 0 Å². The summed E-state index contributed by atoms with van der Waals surface area (Å²) in [7, 11) is 0. The number of nitrogens with zero attached hydrogens (tertiary/aromatic N) is 5. The summed E-state index contributed by atoms with van der Waals surface area (Å²) in [6.45, 7) is 4.05. The van der Waals surface area contributed by atoms with Crippen LogP contribution in [0.3, 0.4) is 0 Å². The van der Waals surface area contributed by atoms with Crippen LogP contribution in [0.15, 0.2) is 12.4 Å². The molecule has 0 radical (unpaired) electrons. The molecule has 2 aromatic heterocycles. The van der Waals surface area contributed by atoms with Crippen LogP contribution in [0, 0.1) is 0 Å². The number of amides is 1. The van der Waals surface area contributed by atoms with E-state index in [2.05, 4.69) is 29.8 Å². The highest BCUT2D eigenvalue weighted by Crippen LogP contribution is 2.18. The third-order valence-electron chi connectivity index (χ3n) is 3.78. The van der Waals surface area contributed by atoms with Crippen LogP contribution in [0.5, 0.6) is 0 Å². The summed E-state index contributed by atoms with van der Waals surface area (Å²) in [6, 6.07) is 0. The van der Waals surface area contributed by atoms with Gasteiger partial charge in [0.25, 0.3) is 5.91 Å². The minimum absolute atomic E-state index is 0.197. The second kappa shape index (κ2) is 7.45. The van der Waals surface area contributed by atoms with E-state index in [4.69, 9.17) is 0 Å². The lowest BCUT2D eigenvalue weighted by Crippen LogP contribution is -2.30. The zero-order chi connectivity index (χ0) is 16.1. The van der Waals surface area contributed by atoms with E-state index in [9.17, 15) is 4.79 Å². The Balaban J connectivity index is 1.65. The number of aryl methyl sites for hydroxylation is 1. The topological polar surface area (TPSA) is 83.9 Å². The summed E-state index contributed by atoms with van der Waals surface area (Å²) in [4.78, 5) is 23.8. The molecular weight excluding hydrogens is 312 g/mol. The van der Waals surface area contributed by atoms with Gasteiger partial charge >= 0.3 is 0 Å². The molecule has 1 amide bonds. The van der Waals surface area contributed by atoms with Crippen LogP contribution in [0.4, 0.5) is 11.6 Å². The number of anilines is 2. The molecule has 0 spiro atoms. The number of aromatic nitrogens is 4. The molecule has 0 bridgehead atoms. The fourth-order valence-corrected chi connectivity index (χ4v) is 3.22. The van der Waals surface area contributed by atoms with E-state index < -0.39 is 0 Å². The van der Waals surface area contributed by atoms with E-state index in [1.54, 1.807) is 12.4 Å². The molecule has 1 saturated heterocycles. The fraction of sp³-hybridized carbons (Fsp3) is 0.533. The van der Waals surface area contributed by atoms with Crippen molar-refractivity contribution in [3.8, 4) is 0 Å². The maximum Gasteiger partial charge on any atom is 0.269 e. The molecule has 1 aliphatic rings. The van der Waals surface area contributed by atoms with Gasteiger partial charge < -0.3 is 10.2 Å². The molecule has 3 heterocycles. The van der Waals surface area contributed by atoms with Crippen LogP contribution in [0.1, 0.15) is 48.0 Å². The van der Waals surface area contributed by atoms with Crippen molar-refractivity contribution in [1.82, 2.24) is 19.6 Å². The average Bonchev–Trinajstić information content (AvgIpc) is 3.05. The first kappa shape index (κ1) is 15.8. The van der Waals surface area contributed by atoms with Crippen LogP contribution < -0.4 is 10.2 Å². The molecule has 3 rings (SSSR count). The van der Waals surface area contributed by atoms with Gasteiger partial charge in [-0.15, -0.1) is 5.10 Å². The molecular formula is C15H20N6OS. The Bertz CT molecular complexity index is 650. The average molecular weight is 332 g/mol. The first-order valence-electron chi connectivity index (χ1n) is 7.97. The molecule has 1 aliphatic heterocycles. The molecule has 0 saturated carbocycles. The summed E-state index contributed by atoms with van der Waals surface area (Å²) in [5.74, 6) is 0.534. The summed E-state index contributed by atoms with van der Waals surface area (Å²) >= 11 is 1.12. The van der Waals surface area contributed by atoms with Gasteiger partial charge in [0.2, 0.25) is 5.95 Å². The van der Waals surface area contributed by atoms with Crippen molar-refractivity contribution in [2.75, 3.05) is 23.3 Å². The minimum Gasteiger partial charge on any atom is -0.341 e. The predicted octanol–water partition coefficient (Wildman–Crippen LogP) is 2.52. The van der Waals surface area contributed by atoms with Gasteiger partial charge in [-0.05, 0) is 37.2 Å². The van der Waals surface area contributed by atoms with Crippen molar-refractivity contribution in [2.24, 2.45) is 0 Å². The molecule has 0 unspecified atom stereocenters. The van der Waals surface area contributed by atoms with Gasteiger partial charge in [-0.1, -0.05) is 17.8 Å². The summed E-state index contributed by atoms with van der Waals surface area (Å²) in [5, 5.41) is 6.83. The van der Waals surface area contributed by atoms with E-state index >= 15 is 0 Å². The van der Waals surface area contributed by atoms with Crippen molar-refractivity contribution < 1.29 is 4.79 Å². The lowest BCUT2D eigenvalue weighted by atomic mass is 10.1. The number of rotatable bonds is 5. The highest BCUT2D eigenvalue weighted by atomic mass is 32.1. The quantitative estimate of drug-likeness (QED) is 0.906. The monoisotopic (exact) mass is 332 g/mol. The number of piperidine rings is 1. The normalized spacial score (nSPS) is 14.7. The van der Waals surface area contributed by atoms with E-state index in [-0.39, 0.29) is 5.91 Å². The highest BCUT2D eigenvalue weighted by Gasteiger charge is 2.17. The molecule has 1 N–H and O–H groups in total. The first-order valence-corrected chi connectivity index (χ1v) is 8.75. The maximum absolute atomic E-state index is 12.3. The second-order valence-electron chi connectivity index (χ2n) is 5.57. The summed E-state index contributed by atoms with van der Waals surface area (Å²) in [5.41, 5.74) is 1.34. The molecule has 23 heavy (non-hydrogen) atoms. The smallest absolute Gasteiger partial charge is 0.269 e. The minimum atomic E-state index is -0.197. The van der Waals surface area contributed by atoms with Gasteiger partial charge in [-0.2, -0.15) is 0 Å². The predicted molar refractivity (Wildman–Crippen MR) is 90.0 cm³/mol. The molecule has 0 atom stereocenters. The van der Waals surface area contributed by atoms with Crippen LogP contribution in [-0.4, -0.2) is 38.6 Å². The SMILES string of the molecule is CCCc1nnsc1C(=O)Nc1cnc(N2CCCCC2)nc1. The molecule has 2 aromatic rings. The van der Waals surface area contributed by atoms with Gasteiger partial charge in [0, 0.05) is 13.1 Å². The van der Waals surface area contributed by atoms with Crippen molar-refractivity contribution in [3.63, 3.8) is 0 Å². The van der Waals surface area contributed by atoms with E-state index in [1.807, 2.05) is 6.92 Å². The van der Waals surface area contributed by atoms with Crippen LogP contribution in [-0.2, 0) is 6.42 Å². The van der Waals surface area contributed by atoms with Crippen LogP contribution in [0.2, 0.25) is 0 Å². The zero-order valence-electron chi connectivity index (χ0n) is 13.2. The number of hydrogen-bond acceptors (Lipinski definition) is 7. The number of carbonyl (C=O) groups is 1. The van der Waals surface area contributed by atoms with Gasteiger partial charge in [-0.3, -0.25) is 4.79 Å². The standard InChI is InChI=1S/C15H20N6OS/c1-2-6-12-13(23-20-19-12)14(22)18-11-9-16-15(17-10-11)21-7-4-3-5-8-21/h9-10H,2-8H2,1H3,(H,18,22). The number of nitrogens with one attached hydrogen (secondary N) is 1. The molecule has 1 fully saturated rings. The molecule has 122 valence electrons. The van der Waals surface area contributed by atoms with E-state index in [0.29, 0.717) is 10.6 Å². The lowest BCUT2D eigenvalue weighted by molar-refractivity contribution is 0.102. The van der Waals surface area contributed by atoms with E-state index in [0.717, 1.165) is 49.1 Å². The zero-order valence-corrected chi connectivity index (χ0v) is 14.0. The molecule has 8 heteroatoms. The van der Waals surface area contributed by atoms with E-state index in [1.165, 1.54) is 19.3 Å². The van der Waals surface area contributed by atoms with Gasteiger partial charge in [0.1, 0.15) is 4.88 Å². The Kier molecular flexibility index (Phi) is 5.12. The van der Waals surface area contributed by atoms with Gasteiger partial charge in [-0.25, -0.2) is 9.97 Å². The lowest BCUT2D eigenvalue weighted by Gasteiger charge is -2.26. The Morgan fingerprint density at radius 2 is 2.00 bits per heavy atom. The van der Waals surface area contributed by atoms with Crippen LogP contribution in [0.25, 0.3) is 0 Å². The first-order chi connectivity index (χ1) is 11.3. The van der Waals surface area contributed by atoms with Crippen molar-refractivity contribution >= 4 is 29.1 Å². The summed E-state index contributed by atoms with van der Waals surface area (Å²) < 4.78 is 3.87. The maximum atomic E-state index is 12.3. The van der Waals surface area contributed by atoms with Crippen molar-refractivity contribution in [3.05, 3.63) is 23.0 Å². The molecule has 0 aliphatic carbocycles. The second-order valence-corrected chi connectivity index (χ2v) is 6.33. The third kappa shape index (κ3) is 3.82. The largest absolute Gasteiger partial charge is 0.341 e. The Morgan fingerprint density at radius 1 is 1.26 bits per heavy atom. The Labute approximate surface area is 139 Å². The Hall–Kier alpha value is -2.09. The third-order valence-corrected chi connectivity index (χ3v) is 4.55. The van der Waals surface area contributed by atoms with Crippen LogP contribution >= 0.6 is 11.5 Å². The van der Waals surface area contributed by atoms with Crippen molar-refractivity contribution in [1.29, 1.82) is 0 Å². The Morgan fingerprint density at radius 3 is 2.70 bits per heavy atom. The summed E-state index contributed by atoms with van der Waals surface area (Å²) in [6.07, 6.45) is 8.63. The highest BCUT2D eigenvalue weighted by molar-refractivity contribution is 7.08. The van der Waals surface area contributed by atoms with Gasteiger partial charge in [0.05, 0.1) is 23.8 Å². The molecule has 0 aromatic carbocycles.